The maximum Gasteiger partial charge on any atom is 0.205 e. The Kier molecular flexibility index (Phi) is 6.11. The molecule has 4 rings (SSSR count). The predicted octanol–water partition coefficient (Wildman–Crippen LogP) is 5.86. The predicted molar refractivity (Wildman–Crippen MR) is 125 cm³/mol. The maximum absolute atomic E-state index is 9.89. The van der Waals surface area contributed by atoms with Gasteiger partial charge in [0, 0.05) is 34.7 Å². The summed E-state index contributed by atoms with van der Waals surface area (Å²) < 4.78 is 6.07. The van der Waals surface area contributed by atoms with Crippen molar-refractivity contribution in [1.82, 2.24) is 4.90 Å². The van der Waals surface area contributed by atoms with Crippen molar-refractivity contribution in [1.29, 1.82) is 5.26 Å². The number of allylic oxidation sites excluding steroid dienone is 1. The van der Waals surface area contributed by atoms with E-state index in [2.05, 4.69) is 30.9 Å². The quantitative estimate of drug-likeness (QED) is 0.634. The van der Waals surface area contributed by atoms with E-state index in [1.54, 1.807) is 0 Å². The fraction of sp³-hybridized carbons (Fsp3) is 0.240. The van der Waals surface area contributed by atoms with E-state index in [1.807, 2.05) is 48.5 Å². The van der Waals surface area contributed by atoms with E-state index in [9.17, 15) is 5.26 Å². The van der Waals surface area contributed by atoms with Gasteiger partial charge in [-0.1, -0.05) is 47.5 Å². The first-order valence-corrected chi connectivity index (χ1v) is 10.9. The summed E-state index contributed by atoms with van der Waals surface area (Å²) in [4.78, 5) is 2.35. The van der Waals surface area contributed by atoms with Crippen molar-refractivity contribution in [3.05, 3.63) is 98.1 Å². The number of ether oxygens (including phenoxy) is 1. The molecule has 6 heteroatoms. The van der Waals surface area contributed by atoms with E-state index >= 15 is 0 Å². The van der Waals surface area contributed by atoms with Crippen LogP contribution in [0.1, 0.15) is 30.9 Å². The van der Waals surface area contributed by atoms with E-state index in [1.165, 1.54) is 0 Å². The highest BCUT2D eigenvalue weighted by molar-refractivity contribution is 6.31. The molecule has 2 heterocycles. The third kappa shape index (κ3) is 4.36. The molecular weight excluding hydrogens is 429 g/mol. The first-order chi connectivity index (χ1) is 14.9. The summed E-state index contributed by atoms with van der Waals surface area (Å²) in [6.45, 7) is 5.71. The van der Waals surface area contributed by atoms with Gasteiger partial charge in [0.05, 0.1) is 5.92 Å². The van der Waals surface area contributed by atoms with Gasteiger partial charge in [0.15, 0.2) is 0 Å². The van der Waals surface area contributed by atoms with Crippen molar-refractivity contribution in [2.45, 2.75) is 25.8 Å². The van der Waals surface area contributed by atoms with E-state index in [0.29, 0.717) is 34.7 Å². The minimum atomic E-state index is -0.309. The molecule has 2 aliphatic rings. The van der Waals surface area contributed by atoms with Crippen molar-refractivity contribution in [3.63, 3.8) is 0 Å². The minimum Gasteiger partial charge on any atom is -0.440 e. The molecule has 0 fully saturated rings. The highest BCUT2D eigenvalue weighted by Gasteiger charge is 2.38. The van der Waals surface area contributed by atoms with Gasteiger partial charge < -0.3 is 10.5 Å². The Hall–Kier alpha value is -2.71. The van der Waals surface area contributed by atoms with Crippen molar-refractivity contribution in [2.75, 3.05) is 13.1 Å². The summed E-state index contributed by atoms with van der Waals surface area (Å²) in [5, 5.41) is 11.2. The molecule has 0 unspecified atom stereocenters. The zero-order valence-corrected chi connectivity index (χ0v) is 18.9. The summed E-state index contributed by atoms with van der Waals surface area (Å²) in [7, 11) is 0. The van der Waals surface area contributed by atoms with Gasteiger partial charge in [0.2, 0.25) is 5.88 Å². The van der Waals surface area contributed by atoms with Crippen molar-refractivity contribution in [3.8, 4) is 6.07 Å². The molecule has 2 aliphatic heterocycles. The van der Waals surface area contributed by atoms with Crippen LogP contribution in [-0.2, 0) is 4.74 Å². The third-order valence-electron chi connectivity index (χ3n) is 5.67. The Balaban J connectivity index is 1.90. The molecule has 4 nitrogen and oxygen atoms in total. The van der Waals surface area contributed by atoms with Gasteiger partial charge in [-0.2, -0.15) is 5.26 Å². The van der Waals surface area contributed by atoms with Crippen molar-refractivity contribution >= 4 is 29.3 Å². The first-order valence-electron chi connectivity index (χ1n) is 10.1. The Morgan fingerprint density at radius 3 is 2.48 bits per heavy atom. The lowest BCUT2D eigenvalue weighted by Gasteiger charge is -2.40. The summed E-state index contributed by atoms with van der Waals surface area (Å²) in [5.74, 6) is 0.566. The van der Waals surface area contributed by atoms with Crippen LogP contribution in [0.25, 0.3) is 6.08 Å². The maximum atomic E-state index is 9.89. The molecule has 158 valence electrons. The summed E-state index contributed by atoms with van der Waals surface area (Å²) in [6, 6.07) is 17.9. The number of halogens is 2. The fourth-order valence-electron chi connectivity index (χ4n) is 4.13. The summed E-state index contributed by atoms with van der Waals surface area (Å²) in [6.07, 6.45) is 2.08. The van der Waals surface area contributed by atoms with Gasteiger partial charge in [-0.3, -0.25) is 4.90 Å². The molecule has 0 aromatic heterocycles. The van der Waals surface area contributed by atoms with Gasteiger partial charge in [-0.05, 0) is 60.9 Å². The van der Waals surface area contributed by atoms with E-state index < -0.39 is 0 Å². The topological polar surface area (TPSA) is 62.3 Å². The Bertz CT molecular complexity index is 1160. The molecule has 31 heavy (non-hydrogen) atoms. The van der Waals surface area contributed by atoms with E-state index in [4.69, 9.17) is 33.7 Å². The Labute approximate surface area is 192 Å². The highest BCUT2D eigenvalue weighted by Crippen LogP contribution is 2.44. The molecular formula is C25H23Cl2N3O. The SMILES string of the molecule is CC(C)N1CC2=C(OC(N)=C(C#N)[C@@H]2c2cccc(Cl)c2)/C(=C/c2cccc(Cl)c2)C1. The molecule has 2 aromatic carbocycles. The van der Waals surface area contributed by atoms with Gasteiger partial charge in [0.25, 0.3) is 0 Å². The first kappa shape index (κ1) is 21.5. The summed E-state index contributed by atoms with van der Waals surface area (Å²) >= 11 is 12.5. The molecule has 0 saturated heterocycles. The second-order valence-corrected chi connectivity index (χ2v) is 8.93. The zero-order chi connectivity index (χ0) is 22.1. The zero-order valence-electron chi connectivity index (χ0n) is 17.4. The number of nitrogens with two attached hydrogens (primary N) is 1. The van der Waals surface area contributed by atoms with Crippen LogP contribution in [0, 0.1) is 11.3 Å². The van der Waals surface area contributed by atoms with E-state index in [0.717, 1.165) is 28.0 Å². The molecule has 0 radical (unpaired) electrons. The highest BCUT2D eigenvalue weighted by atomic mass is 35.5. The van der Waals surface area contributed by atoms with Crippen LogP contribution in [0.15, 0.2) is 76.9 Å². The average Bonchev–Trinajstić information content (AvgIpc) is 2.73. The van der Waals surface area contributed by atoms with Crippen LogP contribution in [0.3, 0.4) is 0 Å². The Morgan fingerprint density at radius 2 is 1.84 bits per heavy atom. The van der Waals surface area contributed by atoms with Crippen molar-refractivity contribution in [2.24, 2.45) is 5.73 Å². The number of nitrogens with zero attached hydrogens (tertiary/aromatic N) is 2. The molecule has 1 atom stereocenters. The minimum absolute atomic E-state index is 0.140. The number of rotatable bonds is 3. The summed E-state index contributed by atoms with van der Waals surface area (Å²) in [5.41, 5.74) is 10.6. The number of nitriles is 1. The van der Waals surface area contributed by atoms with Crippen molar-refractivity contribution < 1.29 is 4.74 Å². The largest absolute Gasteiger partial charge is 0.440 e. The second kappa shape index (κ2) is 8.80. The van der Waals surface area contributed by atoms with Crippen LogP contribution in [0.4, 0.5) is 0 Å². The van der Waals surface area contributed by atoms with Crippen LogP contribution < -0.4 is 5.73 Å². The van der Waals surface area contributed by atoms with Gasteiger partial charge in [-0.25, -0.2) is 0 Å². The van der Waals surface area contributed by atoms with Crippen LogP contribution in [0.2, 0.25) is 10.0 Å². The molecule has 2 N–H and O–H groups in total. The number of benzene rings is 2. The molecule has 0 bridgehead atoms. The molecule has 0 aliphatic carbocycles. The van der Waals surface area contributed by atoms with Gasteiger partial charge in [-0.15, -0.1) is 0 Å². The molecule has 0 amide bonds. The lowest BCUT2D eigenvalue weighted by Crippen LogP contribution is -2.41. The van der Waals surface area contributed by atoms with E-state index in [-0.39, 0.29) is 11.8 Å². The monoisotopic (exact) mass is 451 g/mol. The van der Waals surface area contributed by atoms with Crippen LogP contribution in [0.5, 0.6) is 0 Å². The fourth-order valence-corrected chi connectivity index (χ4v) is 4.52. The smallest absolute Gasteiger partial charge is 0.205 e. The molecule has 0 saturated carbocycles. The van der Waals surface area contributed by atoms with Gasteiger partial charge in [0.1, 0.15) is 17.4 Å². The second-order valence-electron chi connectivity index (χ2n) is 8.06. The lowest BCUT2D eigenvalue weighted by atomic mass is 9.80. The average molecular weight is 452 g/mol. The molecule has 0 spiro atoms. The lowest BCUT2D eigenvalue weighted by molar-refractivity contribution is 0.208. The van der Waals surface area contributed by atoms with Crippen LogP contribution >= 0.6 is 23.2 Å². The van der Waals surface area contributed by atoms with Crippen LogP contribution in [-0.4, -0.2) is 24.0 Å². The number of hydrogen-bond acceptors (Lipinski definition) is 4. The normalized spacial score (nSPS) is 20.6. The molecule has 2 aromatic rings. The number of hydrogen-bond donors (Lipinski definition) is 1. The Morgan fingerprint density at radius 1 is 1.13 bits per heavy atom. The third-order valence-corrected chi connectivity index (χ3v) is 6.14. The van der Waals surface area contributed by atoms with Gasteiger partial charge >= 0.3 is 0 Å². The standard InChI is InChI=1S/C25H23Cl2N3O/c1-15(2)30-13-18(9-16-5-3-7-19(26)10-16)24-22(14-30)23(21(12-28)25(29)31-24)17-6-4-8-20(27)11-17/h3-11,15,23H,13-14,29H2,1-2H3/b18-9+/t23-/m0/s1.